The van der Waals surface area contributed by atoms with Crippen molar-refractivity contribution < 1.29 is 0 Å². The molecule has 0 unspecified atom stereocenters. The molecule has 0 saturated carbocycles. The summed E-state index contributed by atoms with van der Waals surface area (Å²) < 4.78 is 0. The van der Waals surface area contributed by atoms with Crippen molar-refractivity contribution in [2.24, 2.45) is 0 Å². The van der Waals surface area contributed by atoms with Crippen LogP contribution in [-0.4, -0.2) is 4.98 Å². The number of aromatic amines is 1. The van der Waals surface area contributed by atoms with E-state index in [9.17, 15) is 4.79 Å². The molecule has 0 aliphatic heterocycles. The number of hydrogen-bond acceptors (Lipinski definition) is 4. The van der Waals surface area contributed by atoms with Gasteiger partial charge in [0.1, 0.15) is 10.8 Å². The molecule has 0 fully saturated rings. The normalized spacial score (nSPS) is 9.50. The summed E-state index contributed by atoms with van der Waals surface area (Å²) in [5, 5.41) is 0.356. The van der Waals surface area contributed by atoms with Crippen molar-refractivity contribution in [3.8, 4) is 0 Å². The molecule has 1 rings (SSSR count). The maximum Gasteiger partial charge on any atom is 0.308 e. The van der Waals surface area contributed by atoms with E-state index in [2.05, 4.69) is 4.98 Å². The Hall–Kier alpha value is -0.970. The van der Waals surface area contributed by atoms with Crippen molar-refractivity contribution in [1.82, 2.24) is 4.98 Å². The zero-order chi connectivity index (χ0) is 6.15. The van der Waals surface area contributed by atoms with Gasteiger partial charge in [0.05, 0.1) is 0 Å². The first-order chi connectivity index (χ1) is 3.70. The number of thiazole rings is 1. The van der Waals surface area contributed by atoms with Crippen LogP contribution in [0, 0.1) is 0 Å². The second-order valence-corrected chi connectivity index (χ2v) is 2.31. The maximum absolute atomic E-state index is 10.3. The van der Waals surface area contributed by atoms with Gasteiger partial charge >= 0.3 is 4.87 Å². The number of nitrogens with two attached hydrogens (primary N) is 2. The summed E-state index contributed by atoms with van der Waals surface area (Å²) >= 11 is 0.911. The Morgan fingerprint density at radius 3 is 2.25 bits per heavy atom. The van der Waals surface area contributed by atoms with Crippen LogP contribution >= 0.6 is 11.3 Å². The van der Waals surface area contributed by atoms with E-state index >= 15 is 0 Å². The number of nitrogens with one attached hydrogen (secondary N) is 1. The monoisotopic (exact) mass is 131 g/mol. The molecular weight excluding hydrogens is 126 g/mol. The molecule has 0 atom stereocenters. The van der Waals surface area contributed by atoms with E-state index in [0.717, 1.165) is 11.3 Å². The first-order valence-electron chi connectivity index (χ1n) is 1.94. The Kier molecular flexibility index (Phi) is 0.980. The molecule has 0 aromatic carbocycles. The highest BCUT2D eigenvalue weighted by atomic mass is 32.1. The molecular formula is C3H5N3OS. The minimum absolute atomic E-state index is 0.208. The molecule has 5 heteroatoms. The Morgan fingerprint density at radius 2 is 2.12 bits per heavy atom. The molecule has 0 spiro atoms. The quantitative estimate of drug-likeness (QED) is 0.448. The Labute approximate surface area is 49.1 Å². The van der Waals surface area contributed by atoms with Crippen LogP contribution in [0.2, 0.25) is 0 Å². The fourth-order valence-corrected chi connectivity index (χ4v) is 0.874. The standard InChI is InChI=1S/C3H5N3OS/c4-1-2(5)8-3(7)6-1/h4-5H2,(H,6,7). The van der Waals surface area contributed by atoms with E-state index in [4.69, 9.17) is 11.5 Å². The van der Waals surface area contributed by atoms with Crippen LogP contribution in [0.5, 0.6) is 0 Å². The fourth-order valence-electron chi connectivity index (χ4n) is 0.352. The van der Waals surface area contributed by atoms with Crippen LogP contribution in [0.4, 0.5) is 10.8 Å². The summed E-state index contributed by atoms with van der Waals surface area (Å²) in [6.07, 6.45) is 0. The van der Waals surface area contributed by atoms with Crippen molar-refractivity contribution >= 4 is 22.2 Å². The lowest BCUT2D eigenvalue weighted by Crippen LogP contribution is -1.95. The lowest BCUT2D eigenvalue weighted by molar-refractivity contribution is 1.35. The zero-order valence-electron chi connectivity index (χ0n) is 3.97. The lowest BCUT2D eigenvalue weighted by Gasteiger charge is -1.80. The number of hydrogen-bond donors (Lipinski definition) is 3. The highest BCUT2D eigenvalue weighted by Gasteiger charge is 1.95. The summed E-state index contributed by atoms with van der Waals surface area (Å²) in [4.78, 5) is 12.4. The van der Waals surface area contributed by atoms with Crippen molar-refractivity contribution in [3.05, 3.63) is 9.67 Å². The van der Waals surface area contributed by atoms with Gasteiger partial charge in [-0.15, -0.1) is 0 Å². The molecule has 1 heterocycles. The number of aromatic nitrogens is 1. The molecule has 4 nitrogen and oxygen atoms in total. The first-order valence-corrected chi connectivity index (χ1v) is 2.76. The van der Waals surface area contributed by atoms with Crippen molar-refractivity contribution in [1.29, 1.82) is 0 Å². The van der Waals surface area contributed by atoms with E-state index in [1.165, 1.54) is 0 Å². The topological polar surface area (TPSA) is 84.9 Å². The van der Waals surface area contributed by atoms with Crippen LogP contribution in [0.1, 0.15) is 0 Å². The van der Waals surface area contributed by atoms with Gasteiger partial charge in [-0.25, -0.2) is 0 Å². The van der Waals surface area contributed by atoms with Crippen LogP contribution < -0.4 is 16.3 Å². The van der Waals surface area contributed by atoms with Gasteiger partial charge in [-0.2, -0.15) is 0 Å². The molecule has 5 N–H and O–H groups in total. The van der Waals surface area contributed by atoms with Gasteiger partial charge in [0, 0.05) is 0 Å². The average molecular weight is 131 g/mol. The molecule has 0 saturated heterocycles. The summed E-state index contributed by atoms with van der Waals surface area (Å²) in [5.74, 6) is 0.264. The predicted molar refractivity (Wildman–Crippen MR) is 33.8 cm³/mol. The molecule has 0 amide bonds. The Balaban J connectivity index is 3.35. The second kappa shape index (κ2) is 1.52. The molecule has 1 aromatic heterocycles. The van der Waals surface area contributed by atoms with Crippen molar-refractivity contribution in [2.75, 3.05) is 11.5 Å². The average Bonchev–Trinajstić information content (AvgIpc) is 1.85. The number of nitrogen functional groups attached to an aromatic ring is 2. The third-order valence-corrected chi connectivity index (χ3v) is 1.43. The molecule has 8 heavy (non-hydrogen) atoms. The fraction of sp³-hybridized carbons (Fsp3) is 0. The van der Waals surface area contributed by atoms with E-state index in [1.807, 2.05) is 0 Å². The highest BCUT2D eigenvalue weighted by molar-refractivity contribution is 7.13. The van der Waals surface area contributed by atoms with Crippen LogP contribution in [-0.2, 0) is 0 Å². The largest absolute Gasteiger partial charge is 0.387 e. The third kappa shape index (κ3) is 0.671. The second-order valence-electron chi connectivity index (χ2n) is 1.29. The van der Waals surface area contributed by atoms with Gasteiger partial charge in [-0.1, -0.05) is 11.3 Å². The molecule has 0 aliphatic carbocycles. The Morgan fingerprint density at radius 1 is 1.50 bits per heavy atom. The predicted octanol–water partition coefficient (Wildman–Crippen LogP) is -0.399. The Bertz CT molecular complexity index is 214. The van der Waals surface area contributed by atoms with Gasteiger partial charge in [-0.05, 0) is 0 Å². The summed E-state index contributed by atoms with van der Waals surface area (Å²) in [6.45, 7) is 0. The lowest BCUT2D eigenvalue weighted by atomic mass is 10.7. The minimum Gasteiger partial charge on any atom is -0.387 e. The van der Waals surface area contributed by atoms with Crippen molar-refractivity contribution in [2.45, 2.75) is 0 Å². The molecule has 1 aromatic rings. The smallest absolute Gasteiger partial charge is 0.308 e. The van der Waals surface area contributed by atoms with E-state index in [0.29, 0.717) is 5.00 Å². The van der Waals surface area contributed by atoms with Gasteiger partial charge < -0.3 is 11.5 Å². The zero-order valence-corrected chi connectivity index (χ0v) is 4.79. The molecule has 0 bridgehead atoms. The van der Waals surface area contributed by atoms with E-state index < -0.39 is 0 Å². The van der Waals surface area contributed by atoms with Crippen LogP contribution in [0.25, 0.3) is 0 Å². The van der Waals surface area contributed by atoms with Gasteiger partial charge in [-0.3, -0.25) is 9.78 Å². The number of rotatable bonds is 0. The molecule has 0 radical (unpaired) electrons. The molecule has 0 aliphatic rings. The van der Waals surface area contributed by atoms with Crippen LogP contribution in [0.15, 0.2) is 4.79 Å². The molecule has 44 valence electrons. The van der Waals surface area contributed by atoms with Gasteiger partial charge in [0.15, 0.2) is 0 Å². The third-order valence-electron chi connectivity index (χ3n) is 0.705. The van der Waals surface area contributed by atoms with Gasteiger partial charge in [0.2, 0.25) is 0 Å². The maximum atomic E-state index is 10.3. The van der Waals surface area contributed by atoms with Crippen LogP contribution in [0.3, 0.4) is 0 Å². The first kappa shape index (κ1) is 5.17. The summed E-state index contributed by atoms with van der Waals surface area (Å²) in [6, 6.07) is 0. The van der Waals surface area contributed by atoms with E-state index in [1.54, 1.807) is 0 Å². The summed E-state index contributed by atoms with van der Waals surface area (Å²) in [5.41, 5.74) is 10.4. The van der Waals surface area contributed by atoms with E-state index in [-0.39, 0.29) is 10.7 Å². The van der Waals surface area contributed by atoms with Crippen molar-refractivity contribution in [3.63, 3.8) is 0 Å². The number of anilines is 2. The highest BCUT2D eigenvalue weighted by Crippen LogP contribution is 2.11. The van der Waals surface area contributed by atoms with Gasteiger partial charge in [0.25, 0.3) is 0 Å². The minimum atomic E-state index is -0.208. The SMILES string of the molecule is Nc1[nH]c(=O)sc1N. The number of H-pyrrole nitrogens is 1. The summed E-state index contributed by atoms with van der Waals surface area (Å²) in [7, 11) is 0.